The molecule has 0 fully saturated rings. The van der Waals surface area contributed by atoms with Crippen molar-refractivity contribution in [2.75, 3.05) is 4.90 Å². The molecule has 0 aromatic heterocycles. The maximum Gasteiger partial charge on any atom is 0.0474 e. The van der Waals surface area contributed by atoms with Crippen LogP contribution < -0.4 is 4.90 Å². The number of benzene rings is 6. The minimum absolute atomic E-state index is 0.0871. The number of para-hydroxylation sites is 1. The maximum absolute atomic E-state index is 2.40. The van der Waals surface area contributed by atoms with Gasteiger partial charge in [0.1, 0.15) is 0 Å². The Labute approximate surface area is 224 Å². The van der Waals surface area contributed by atoms with Crippen LogP contribution in [0.1, 0.15) is 25.0 Å². The van der Waals surface area contributed by atoms with E-state index in [1.165, 1.54) is 44.2 Å². The van der Waals surface area contributed by atoms with Crippen molar-refractivity contribution in [1.29, 1.82) is 0 Å². The van der Waals surface area contributed by atoms with Gasteiger partial charge in [-0.15, -0.1) is 0 Å². The average Bonchev–Trinajstić information content (AvgIpc) is 3.20. The first-order valence-corrected chi connectivity index (χ1v) is 13.3. The standard InChI is InChI=1S/C37H29N/c1-37(2)35-20-12-11-19-32(35)34-25-31(24-33(36(34)37)27-14-5-3-6-15-27)38(29-17-7-4-8-18-29)30-22-21-26-13-9-10-16-28(26)23-30/h3-25H,1-2H3. The Bertz CT molecular complexity index is 1780. The van der Waals surface area contributed by atoms with E-state index in [1.54, 1.807) is 0 Å². The summed E-state index contributed by atoms with van der Waals surface area (Å²) in [6, 6.07) is 50.6. The van der Waals surface area contributed by atoms with Gasteiger partial charge >= 0.3 is 0 Å². The van der Waals surface area contributed by atoms with Crippen LogP contribution in [0.5, 0.6) is 0 Å². The van der Waals surface area contributed by atoms with Gasteiger partial charge in [-0.05, 0) is 80.6 Å². The van der Waals surface area contributed by atoms with Crippen LogP contribution >= 0.6 is 0 Å². The fraction of sp³-hybridized carbons (Fsp3) is 0.0811. The molecule has 6 aromatic rings. The van der Waals surface area contributed by atoms with Crippen LogP contribution in [0.15, 0.2) is 140 Å². The molecule has 1 aliphatic carbocycles. The van der Waals surface area contributed by atoms with Crippen molar-refractivity contribution < 1.29 is 0 Å². The SMILES string of the molecule is CC1(C)c2ccccc2-c2cc(N(c3ccccc3)c3ccc4ccccc4c3)cc(-c3ccccc3)c21. The van der Waals surface area contributed by atoms with Crippen LogP contribution in [0.25, 0.3) is 33.0 Å². The van der Waals surface area contributed by atoms with Crippen molar-refractivity contribution in [3.8, 4) is 22.3 Å². The largest absolute Gasteiger partial charge is 0.310 e. The van der Waals surface area contributed by atoms with E-state index in [1.807, 2.05) is 0 Å². The molecule has 0 amide bonds. The summed E-state index contributed by atoms with van der Waals surface area (Å²) in [6.45, 7) is 4.73. The Balaban J connectivity index is 1.54. The predicted octanol–water partition coefficient (Wildman–Crippen LogP) is 10.3. The molecule has 1 heteroatoms. The average molecular weight is 488 g/mol. The second-order valence-electron chi connectivity index (χ2n) is 10.7. The first kappa shape index (κ1) is 22.6. The maximum atomic E-state index is 2.40. The Morgan fingerprint density at radius 3 is 1.87 bits per heavy atom. The number of rotatable bonds is 4. The van der Waals surface area contributed by atoms with Crippen LogP contribution in [-0.4, -0.2) is 0 Å². The first-order valence-electron chi connectivity index (χ1n) is 13.3. The Kier molecular flexibility index (Phi) is 5.19. The van der Waals surface area contributed by atoms with Crippen molar-refractivity contribution in [3.63, 3.8) is 0 Å². The summed E-state index contributed by atoms with van der Waals surface area (Å²) in [7, 11) is 0. The number of hydrogen-bond donors (Lipinski definition) is 0. The van der Waals surface area contributed by atoms with Gasteiger partial charge in [-0.25, -0.2) is 0 Å². The third kappa shape index (κ3) is 3.55. The lowest BCUT2D eigenvalue weighted by Gasteiger charge is -2.29. The van der Waals surface area contributed by atoms with Gasteiger partial charge < -0.3 is 4.90 Å². The van der Waals surface area contributed by atoms with E-state index in [9.17, 15) is 0 Å². The normalized spacial score (nSPS) is 13.2. The number of nitrogens with zero attached hydrogens (tertiary/aromatic N) is 1. The van der Waals surface area contributed by atoms with Crippen molar-refractivity contribution in [2.24, 2.45) is 0 Å². The molecule has 38 heavy (non-hydrogen) atoms. The van der Waals surface area contributed by atoms with Crippen LogP contribution in [0.3, 0.4) is 0 Å². The highest BCUT2D eigenvalue weighted by molar-refractivity contribution is 5.95. The predicted molar refractivity (Wildman–Crippen MR) is 162 cm³/mol. The molecule has 6 aromatic carbocycles. The number of anilines is 3. The fourth-order valence-corrected chi connectivity index (χ4v) is 6.22. The molecule has 0 bridgehead atoms. The molecular formula is C37H29N. The van der Waals surface area contributed by atoms with E-state index in [0.29, 0.717) is 0 Å². The third-order valence-corrected chi connectivity index (χ3v) is 7.99. The molecule has 7 rings (SSSR count). The minimum Gasteiger partial charge on any atom is -0.310 e. The first-order chi connectivity index (χ1) is 18.6. The highest BCUT2D eigenvalue weighted by atomic mass is 15.1. The summed E-state index contributed by atoms with van der Waals surface area (Å²) >= 11 is 0. The van der Waals surface area contributed by atoms with Gasteiger partial charge in [0.15, 0.2) is 0 Å². The third-order valence-electron chi connectivity index (χ3n) is 7.99. The van der Waals surface area contributed by atoms with E-state index < -0.39 is 0 Å². The highest BCUT2D eigenvalue weighted by Crippen LogP contribution is 2.54. The van der Waals surface area contributed by atoms with Gasteiger partial charge in [0.05, 0.1) is 0 Å². The monoisotopic (exact) mass is 487 g/mol. The molecule has 1 nitrogen and oxygen atoms in total. The summed E-state index contributed by atoms with van der Waals surface area (Å²) in [5.41, 5.74) is 11.4. The van der Waals surface area contributed by atoms with Crippen LogP contribution in [0.4, 0.5) is 17.1 Å². The lowest BCUT2D eigenvalue weighted by molar-refractivity contribution is 0.662. The molecule has 0 atom stereocenters. The van der Waals surface area contributed by atoms with Gasteiger partial charge in [-0.2, -0.15) is 0 Å². The molecule has 0 aliphatic heterocycles. The summed E-state index contributed by atoms with van der Waals surface area (Å²) in [5.74, 6) is 0. The van der Waals surface area contributed by atoms with E-state index in [4.69, 9.17) is 0 Å². The van der Waals surface area contributed by atoms with Crippen molar-refractivity contribution in [3.05, 3.63) is 151 Å². The van der Waals surface area contributed by atoms with E-state index >= 15 is 0 Å². The second-order valence-corrected chi connectivity index (χ2v) is 10.7. The van der Waals surface area contributed by atoms with Gasteiger partial charge in [-0.1, -0.05) is 117 Å². The Morgan fingerprint density at radius 2 is 1.08 bits per heavy atom. The molecular weight excluding hydrogens is 458 g/mol. The summed E-state index contributed by atoms with van der Waals surface area (Å²) in [4.78, 5) is 2.40. The lowest BCUT2D eigenvalue weighted by Crippen LogP contribution is -2.17. The van der Waals surface area contributed by atoms with Crippen molar-refractivity contribution >= 4 is 27.8 Å². The molecule has 0 saturated carbocycles. The second kappa shape index (κ2) is 8.75. The quantitative estimate of drug-likeness (QED) is 0.239. The van der Waals surface area contributed by atoms with Crippen molar-refractivity contribution in [1.82, 2.24) is 0 Å². The summed E-state index contributed by atoms with van der Waals surface area (Å²) < 4.78 is 0. The lowest BCUT2D eigenvalue weighted by atomic mass is 9.78. The van der Waals surface area contributed by atoms with Gasteiger partial charge in [0.25, 0.3) is 0 Å². The number of hydrogen-bond acceptors (Lipinski definition) is 1. The molecule has 0 spiro atoms. The zero-order valence-corrected chi connectivity index (χ0v) is 21.7. The van der Waals surface area contributed by atoms with Gasteiger partial charge in [0.2, 0.25) is 0 Å². The summed E-state index contributed by atoms with van der Waals surface area (Å²) in [5, 5.41) is 2.49. The van der Waals surface area contributed by atoms with Crippen LogP contribution in [0.2, 0.25) is 0 Å². The summed E-state index contributed by atoms with van der Waals surface area (Å²) in [6.07, 6.45) is 0. The topological polar surface area (TPSA) is 3.24 Å². The van der Waals surface area contributed by atoms with Gasteiger partial charge in [0, 0.05) is 22.5 Å². The van der Waals surface area contributed by atoms with Crippen molar-refractivity contribution in [2.45, 2.75) is 19.3 Å². The zero-order valence-electron chi connectivity index (χ0n) is 21.7. The van der Waals surface area contributed by atoms with Crippen LogP contribution in [0, 0.1) is 0 Å². The molecule has 182 valence electrons. The van der Waals surface area contributed by atoms with Gasteiger partial charge in [-0.3, -0.25) is 0 Å². The molecule has 0 radical (unpaired) electrons. The molecule has 0 N–H and O–H groups in total. The van der Waals surface area contributed by atoms with Crippen LogP contribution in [-0.2, 0) is 5.41 Å². The highest BCUT2D eigenvalue weighted by Gasteiger charge is 2.38. The Hall–Kier alpha value is -4.62. The number of fused-ring (bicyclic) bond motifs is 4. The molecule has 0 unspecified atom stereocenters. The van der Waals surface area contributed by atoms with E-state index in [-0.39, 0.29) is 5.41 Å². The molecule has 1 aliphatic rings. The van der Waals surface area contributed by atoms with E-state index in [0.717, 1.165) is 17.1 Å². The van der Waals surface area contributed by atoms with E-state index in [2.05, 4.69) is 158 Å². The smallest absolute Gasteiger partial charge is 0.0474 e. The minimum atomic E-state index is -0.0871. The molecule has 0 saturated heterocycles. The Morgan fingerprint density at radius 1 is 0.447 bits per heavy atom. The fourth-order valence-electron chi connectivity index (χ4n) is 6.22. The zero-order chi connectivity index (χ0) is 25.7. The molecule has 0 heterocycles.